The molecule has 21 heavy (non-hydrogen) atoms. The standard InChI is InChI=1S/C17H11ClO3/c1-10(19)21-14-7-4-12-8-15(17(20)16(12)9-14)11-2-5-13(18)6-3-11/h2-9H,1H3. The van der Waals surface area contributed by atoms with Crippen LogP contribution < -0.4 is 4.74 Å². The van der Waals surface area contributed by atoms with Crippen molar-refractivity contribution >= 4 is 35.0 Å². The van der Waals surface area contributed by atoms with E-state index in [1.807, 2.05) is 18.2 Å². The average molecular weight is 299 g/mol. The summed E-state index contributed by atoms with van der Waals surface area (Å²) in [6.07, 6.45) is 1.83. The Hall–Kier alpha value is -2.39. The summed E-state index contributed by atoms with van der Waals surface area (Å²) in [5, 5.41) is 0.624. The van der Waals surface area contributed by atoms with Gasteiger partial charge in [0.2, 0.25) is 0 Å². The fourth-order valence-corrected chi connectivity index (χ4v) is 2.42. The number of carbonyl (C=O) groups is 2. The highest BCUT2D eigenvalue weighted by atomic mass is 35.5. The molecule has 0 aliphatic heterocycles. The lowest BCUT2D eigenvalue weighted by atomic mass is 10.0. The number of rotatable bonds is 2. The molecule has 0 atom stereocenters. The molecule has 3 nitrogen and oxygen atoms in total. The van der Waals surface area contributed by atoms with Crippen LogP contribution in [0.25, 0.3) is 11.6 Å². The van der Waals surface area contributed by atoms with E-state index in [9.17, 15) is 9.59 Å². The first-order chi connectivity index (χ1) is 10.0. The molecule has 0 N–H and O–H groups in total. The van der Waals surface area contributed by atoms with Crippen LogP contribution in [-0.4, -0.2) is 11.8 Å². The molecule has 0 amide bonds. The molecule has 104 valence electrons. The molecule has 0 bridgehead atoms. The monoisotopic (exact) mass is 298 g/mol. The number of ketones is 1. The van der Waals surface area contributed by atoms with Crippen LogP contribution in [0.4, 0.5) is 0 Å². The van der Waals surface area contributed by atoms with Gasteiger partial charge in [-0.05, 0) is 41.5 Å². The van der Waals surface area contributed by atoms with Crippen LogP contribution >= 0.6 is 11.6 Å². The third kappa shape index (κ3) is 2.60. The number of esters is 1. The van der Waals surface area contributed by atoms with E-state index in [1.54, 1.807) is 30.3 Å². The summed E-state index contributed by atoms with van der Waals surface area (Å²) in [5.74, 6) is -0.118. The number of hydrogen-bond donors (Lipinski definition) is 0. The quantitative estimate of drug-likeness (QED) is 0.621. The fourth-order valence-electron chi connectivity index (χ4n) is 2.30. The van der Waals surface area contributed by atoms with Gasteiger partial charge in [0.05, 0.1) is 0 Å². The van der Waals surface area contributed by atoms with E-state index >= 15 is 0 Å². The Balaban J connectivity index is 1.96. The van der Waals surface area contributed by atoms with E-state index in [2.05, 4.69) is 0 Å². The van der Waals surface area contributed by atoms with Crippen LogP contribution in [0.5, 0.6) is 5.75 Å². The van der Waals surface area contributed by atoms with Crippen LogP contribution in [0.15, 0.2) is 42.5 Å². The predicted octanol–water partition coefficient (Wildman–Crippen LogP) is 4.00. The third-order valence-corrected chi connectivity index (χ3v) is 3.48. The molecule has 0 unspecified atom stereocenters. The van der Waals surface area contributed by atoms with Gasteiger partial charge in [-0.3, -0.25) is 9.59 Å². The van der Waals surface area contributed by atoms with Gasteiger partial charge in [0.15, 0.2) is 5.78 Å². The minimum atomic E-state index is -0.411. The van der Waals surface area contributed by atoms with Crippen molar-refractivity contribution < 1.29 is 14.3 Å². The number of carbonyl (C=O) groups excluding carboxylic acids is 2. The second kappa shape index (κ2) is 5.19. The molecule has 2 aromatic rings. The normalized spacial score (nSPS) is 12.9. The van der Waals surface area contributed by atoms with Gasteiger partial charge in [-0.25, -0.2) is 0 Å². The maximum Gasteiger partial charge on any atom is 0.308 e. The van der Waals surface area contributed by atoms with Gasteiger partial charge in [-0.1, -0.05) is 29.8 Å². The Kier molecular flexibility index (Phi) is 3.35. The third-order valence-electron chi connectivity index (χ3n) is 3.23. The maximum atomic E-state index is 12.5. The summed E-state index contributed by atoms with van der Waals surface area (Å²) >= 11 is 5.86. The first kappa shape index (κ1) is 13.6. The van der Waals surface area contributed by atoms with E-state index < -0.39 is 5.97 Å². The van der Waals surface area contributed by atoms with Crippen molar-refractivity contribution in [3.05, 3.63) is 64.2 Å². The van der Waals surface area contributed by atoms with Crippen LogP contribution in [0.1, 0.15) is 28.4 Å². The largest absolute Gasteiger partial charge is 0.427 e. The van der Waals surface area contributed by atoms with Crippen LogP contribution in [0.3, 0.4) is 0 Å². The van der Waals surface area contributed by atoms with Gasteiger partial charge < -0.3 is 4.74 Å². The van der Waals surface area contributed by atoms with Gasteiger partial charge in [0.25, 0.3) is 0 Å². The Morgan fingerprint density at radius 1 is 1.10 bits per heavy atom. The lowest BCUT2D eigenvalue weighted by Crippen LogP contribution is -2.03. The molecule has 0 radical (unpaired) electrons. The molecule has 0 saturated heterocycles. The number of hydrogen-bond acceptors (Lipinski definition) is 3. The number of fused-ring (bicyclic) bond motifs is 1. The molecule has 3 rings (SSSR count). The number of halogens is 1. The van der Waals surface area contributed by atoms with Gasteiger partial charge in [0.1, 0.15) is 5.75 Å². The van der Waals surface area contributed by atoms with Crippen molar-refractivity contribution in [3.8, 4) is 5.75 Å². The molecule has 0 spiro atoms. The van der Waals surface area contributed by atoms with E-state index in [4.69, 9.17) is 16.3 Å². The molecule has 0 saturated carbocycles. The van der Waals surface area contributed by atoms with Crippen molar-refractivity contribution in [2.24, 2.45) is 0 Å². The van der Waals surface area contributed by atoms with Gasteiger partial charge >= 0.3 is 5.97 Å². The van der Waals surface area contributed by atoms with Gasteiger partial charge in [-0.15, -0.1) is 0 Å². The highest BCUT2D eigenvalue weighted by Gasteiger charge is 2.24. The highest BCUT2D eigenvalue weighted by molar-refractivity contribution is 6.37. The summed E-state index contributed by atoms with van der Waals surface area (Å²) in [7, 11) is 0. The SMILES string of the molecule is CC(=O)Oc1ccc2c(c1)C(=O)C(c1ccc(Cl)cc1)=C2. The number of allylic oxidation sites excluding steroid dienone is 1. The van der Waals surface area contributed by atoms with E-state index in [1.165, 1.54) is 6.92 Å². The molecule has 2 aromatic carbocycles. The lowest BCUT2D eigenvalue weighted by Gasteiger charge is -2.04. The van der Waals surface area contributed by atoms with E-state index in [-0.39, 0.29) is 5.78 Å². The van der Waals surface area contributed by atoms with Crippen LogP contribution in [-0.2, 0) is 4.79 Å². The number of ether oxygens (including phenoxy) is 1. The molecule has 0 heterocycles. The van der Waals surface area contributed by atoms with Crippen LogP contribution in [0, 0.1) is 0 Å². The number of benzene rings is 2. The fraction of sp³-hybridized carbons (Fsp3) is 0.0588. The minimum Gasteiger partial charge on any atom is -0.427 e. The molecular formula is C17H11ClO3. The Morgan fingerprint density at radius 2 is 1.81 bits per heavy atom. The molecule has 0 fully saturated rings. The summed E-state index contributed by atoms with van der Waals surface area (Å²) in [5.41, 5.74) is 2.79. The first-order valence-corrected chi connectivity index (χ1v) is 6.77. The van der Waals surface area contributed by atoms with Gasteiger partial charge in [-0.2, -0.15) is 0 Å². The highest BCUT2D eigenvalue weighted by Crippen LogP contribution is 2.34. The van der Waals surface area contributed by atoms with Crippen molar-refractivity contribution in [2.75, 3.05) is 0 Å². The maximum absolute atomic E-state index is 12.5. The summed E-state index contributed by atoms with van der Waals surface area (Å²) in [6, 6.07) is 12.2. The van der Waals surface area contributed by atoms with Crippen molar-refractivity contribution in [3.63, 3.8) is 0 Å². The lowest BCUT2D eigenvalue weighted by molar-refractivity contribution is -0.131. The minimum absolute atomic E-state index is 0.0821. The number of Topliss-reactive ketones (excluding diaryl/α,β-unsaturated/α-hetero) is 1. The van der Waals surface area contributed by atoms with Crippen LogP contribution in [0.2, 0.25) is 5.02 Å². The molecule has 1 aliphatic carbocycles. The molecular weight excluding hydrogens is 288 g/mol. The second-order valence-electron chi connectivity index (χ2n) is 4.74. The summed E-state index contributed by atoms with van der Waals surface area (Å²) < 4.78 is 5.01. The zero-order valence-corrected chi connectivity index (χ0v) is 12.0. The van der Waals surface area contributed by atoms with Crippen molar-refractivity contribution in [1.82, 2.24) is 0 Å². The zero-order valence-electron chi connectivity index (χ0n) is 11.2. The summed E-state index contributed by atoms with van der Waals surface area (Å²) in [6.45, 7) is 1.33. The smallest absolute Gasteiger partial charge is 0.308 e. The average Bonchev–Trinajstić information content (AvgIpc) is 2.76. The zero-order chi connectivity index (χ0) is 15.0. The Morgan fingerprint density at radius 3 is 2.48 bits per heavy atom. The second-order valence-corrected chi connectivity index (χ2v) is 5.17. The molecule has 4 heteroatoms. The predicted molar refractivity (Wildman–Crippen MR) is 81.4 cm³/mol. The molecule has 1 aliphatic rings. The Labute approximate surface area is 126 Å². The van der Waals surface area contributed by atoms with E-state index in [0.717, 1.165) is 11.1 Å². The topological polar surface area (TPSA) is 43.4 Å². The first-order valence-electron chi connectivity index (χ1n) is 6.39. The Bertz CT molecular complexity index is 773. The molecule has 0 aromatic heterocycles. The summed E-state index contributed by atoms with van der Waals surface area (Å²) in [4.78, 5) is 23.5. The van der Waals surface area contributed by atoms with Gasteiger partial charge in [0, 0.05) is 23.1 Å². The van der Waals surface area contributed by atoms with Crippen molar-refractivity contribution in [1.29, 1.82) is 0 Å². The van der Waals surface area contributed by atoms with Crippen molar-refractivity contribution in [2.45, 2.75) is 6.92 Å². The van der Waals surface area contributed by atoms with E-state index in [0.29, 0.717) is 21.9 Å².